The van der Waals surface area contributed by atoms with Crippen LogP contribution < -0.4 is 35.6 Å². The molecule has 2 atom stereocenters. The van der Waals surface area contributed by atoms with Crippen LogP contribution in [0.3, 0.4) is 0 Å². The zero-order valence-electron chi connectivity index (χ0n) is 27.1. The van der Waals surface area contributed by atoms with Gasteiger partial charge in [0, 0.05) is 25.5 Å². The molecule has 242 valence electrons. The number of nitrogens with one attached hydrogen (secondary N) is 4. The van der Waals surface area contributed by atoms with Crippen LogP contribution in [0.25, 0.3) is 22.2 Å². The minimum atomic E-state index is -0.678. The second-order valence-corrected chi connectivity index (χ2v) is 11.7. The van der Waals surface area contributed by atoms with Crippen LogP contribution in [-0.2, 0) is 22.4 Å². The van der Waals surface area contributed by atoms with Crippen LogP contribution in [0, 0.1) is 5.92 Å². The lowest BCUT2D eigenvalue weighted by Gasteiger charge is -2.22. The number of fused-ring (bicyclic) bond motifs is 4. The summed E-state index contributed by atoms with van der Waals surface area (Å²) in [4.78, 5) is 47.3. The summed E-state index contributed by atoms with van der Waals surface area (Å²) >= 11 is 0. The molecule has 1 heterocycles. The highest BCUT2D eigenvalue weighted by molar-refractivity contribution is 5.86. The number of H-pyrrole nitrogens is 1. The first-order valence-corrected chi connectivity index (χ1v) is 15.4. The monoisotopic (exact) mass is 627 g/mol. The molecule has 2 amide bonds. The SMILES string of the molecule is COc1cc2c(c(OC)c1OC)-c1ccc(NC(C(=O)NCCc3nc4ccccc4[nH]3)C(C)C)c(=O)cc1C(NC(C)=O)CC2. The highest BCUT2D eigenvalue weighted by Crippen LogP contribution is 2.50. The summed E-state index contributed by atoms with van der Waals surface area (Å²) in [6.45, 7) is 5.68. The van der Waals surface area contributed by atoms with Gasteiger partial charge < -0.3 is 35.1 Å². The van der Waals surface area contributed by atoms with E-state index in [1.54, 1.807) is 33.5 Å². The number of anilines is 1. The van der Waals surface area contributed by atoms with Crippen molar-refractivity contribution < 1.29 is 23.8 Å². The minimum absolute atomic E-state index is 0.126. The number of rotatable bonds is 11. The van der Waals surface area contributed by atoms with Gasteiger partial charge in [-0.15, -0.1) is 0 Å². The molecule has 5 rings (SSSR count). The summed E-state index contributed by atoms with van der Waals surface area (Å²) in [7, 11) is 4.67. The van der Waals surface area contributed by atoms with Gasteiger partial charge in [-0.2, -0.15) is 0 Å². The highest BCUT2D eigenvalue weighted by Gasteiger charge is 2.30. The van der Waals surface area contributed by atoms with Crippen molar-refractivity contribution in [3.8, 4) is 28.4 Å². The molecule has 0 radical (unpaired) electrons. The molecular weight excluding hydrogens is 586 g/mol. The van der Waals surface area contributed by atoms with Crippen molar-refractivity contribution >= 4 is 28.5 Å². The fraction of sp³-hybridized carbons (Fsp3) is 0.371. The number of amides is 2. The van der Waals surface area contributed by atoms with Crippen LogP contribution in [0.4, 0.5) is 5.69 Å². The van der Waals surface area contributed by atoms with Crippen molar-refractivity contribution in [3.63, 3.8) is 0 Å². The summed E-state index contributed by atoms with van der Waals surface area (Å²) in [5.41, 5.74) is 4.83. The second kappa shape index (κ2) is 13.9. The Balaban J connectivity index is 1.48. The summed E-state index contributed by atoms with van der Waals surface area (Å²) in [6, 6.07) is 13.6. The van der Waals surface area contributed by atoms with E-state index < -0.39 is 12.1 Å². The van der Waals surface area contributed by atoms with Crippen LogP contribution in [0.5, 0.6) is 17.2 Å². The number of hydrogen-bond acceptors (Lipinski definition) is 8. The molecule has 1 aliphatic carbocycles. The molecular formula is C35H41N5O6. The zero-order valence-corrected chi connectivity index (χ0v) is 27.1. The van der Waals surface area contributed by atoms with Crippen molar-refractivity contribution in [3.05, 3.63) is 75.7 Å². The molecule has 0 bridgehead atoms. The van der Waals surface area contributed by atoms with Crippen molar-refractivity contribution in [1.29, 1.82) is 0 Å². The Kier molecular flexibility index (Phi) is 9.79. The molecule has 0 fully saturated rings. The predicted molar refractivity (Wildman–Crippen MR) is 178 cm³/mol. The van der Waals surface area contributed by atoms with E-state index in [1.165, 1.54) is 6.92 Å². The first-order chi connectivity index (χ1) is 22.1. The van der Waals surface area contributed by atoms with Crippen LogP contribution in [0.15, 0.2) is 53.3 Å². The zero-order chi connectivity index (χ0) is 33.0. The lowest BCUT2D eigenvalue weighted by atomic mass is 9.95. The number of benzene rings is 2. The molecule has 0 spiro atoms. The van der Waals surface area contributed by atoms with Crippen LogP contribution in [-0.4, -0.2) is 55.7 Å². The first kappa shape index (κ1) is 32.3. The Hall–Kier alpha value is -5.06. The lowest BCUT2D eigenvalue weighted by Crippen LogP contribution is -2.44. The number of imidazole rings is 1. The van der Waals surface area contributed by atoms with Crippen molar-refractivity contribution in [2.24, 2.45) is 5.92 Å². The second-order valence-electron chi connectivity index (χ2n) is 11.7. The molecule has 3 aromatic carbocycles. The van der Waals surface area contributed by atoms with Gasteiger partial charge in [0.15, 0.2) is 11.5 Å². The van der Waals surface area contributed by atoms with Crippen molar-refractivity contribution in [2.45, 2.75) is 52.1 Å². The maximum Gasteiger partial charge on any atom is 0.242 e. The molecule has 11 nitrogen and oxygen atoms in total. The van der Waals surface area contributed by atoms with Crippen LogP contribution in [0.1, 0.15) is 50.2 Å². The third kappa shape index (κ3) is 6.63. The molecule has 2 unspecified atom stereocenters. The Morgan fingerprint density at radius 2 is 1.78 bits per heavy atom. The normalized spacial score (nSPS) is 14.5. The number of aromatic amines is 1. The van der Waals surface area contributed by atoms with Gasteiger partial charge in [-0.25, -0.2) is 4.98 Å². The summed E-state index contributed by atoms with van der Waals surface area (Å²) in [6.07, 6.45) is 1.68. The predicted octanol–water partition coefficient (Wildman–Crippen LogP) is 4.53. The Labute approximate surface area is 268 Å². The first-order valence-electron chi connectivity index (χ1n) is 15.4. The van der Waals surface area contributed by atoms with E-state index in [-0.39, 0.29) is 28.8 Å². The fourth-order valence-electron chi connectivity index (χ4n) is 6.07. The van der Waals surface area contributed by atoms with Gasteiger partial charge >= 0.3 is 0 Å². The number of carbonyl (C=O) groups is 2. The number of aryl methyl sites for hydroxylation is 1. The van der Waals surface area contributed by atoms with E-state index in [4.69, 9.17) is 14.2 Å². The molecule has 1 aromatic heterocycles. The Bertz CT molecular complexity index is 1780. The van der Waals surface area contributed by atoms with E-state index in [2.05, 4.69) is 25.9 Å². The van der Waals surface area contributed by atoms with Gasteiger partial charge in [-0.05, 0) is 65.8 Å². The third-order valence-electron chi connectivity index (χ3n) is 8.28. The molecule has 4 aromatic rings. The van der Waals surface area contributed by atoms with Crippen LogP contribution >= 0.6 is 0 Å². The fourth-order valence-corrected chi connectivity index (χ4v) is 6.07. The van der Waals surface area contributed by atoms with E-state index >= 15 is 0 Å². The number of methoxy groups -OCH3 is 3. The Morgan fingerprint density at radius 1 is 1.02 bits per heavy atom. The summed E-state index contributed by atoms with van der Waals surface area (Å²) in [5.74, 6) is 1.65. The van der Waals surface area contributed by atoms with Gasteiger partial charge in [-0.1, -0.05) is 32.0 Å². The molecule has 11 heteroatoms. The van der Waals surface area contributed by atoms with Gasteiger partial charge in [0.2, 0.25) is 23.0 Å². The topological polar surface area (TPSA) is 144 Å². The van der Waals surface area contributed by atoms with E-state index in [0.29, 0.717) is 54.2 Å². The smallest absolute Gasteiger partial charge is 0.242 e. The minimum Gasteiger partial charge on any atom is -0.493 e. The lowest BCUT2D eigenvalue weighted by molar-refractivity contribution is -0.122. The number of nitrogens with zero attached hydrogens (tertiary/aromatic N) is 1. The van der Waals surface area contributed by atoms with Gasteiger partial charge in [0.1, 0.15) is 11.9 Å². The number of hydrogen-bond donors (Lipinski definition) is 4. The quantitative estimate of drug-likeness (QED) is 0.190. The molecule has 4 N–H and O–H groups in total. The van der Waals surface area contributed by atoms with E-state index in [1.807, 2.05) is 50.2 Å². The molecule has 1 aliphatic rings. The molecule has 46 heavy (non-hydrogen) atoms. The van der Waals surface area contributed by atoms with E-state index in [9.17, 15) is 14.4 Å². The maximum atomic E-state index is 13.8. The number of ether oxygens (including phenoxy) is 3. The molecule has 0 saturated carbocycles. The highest BCUT2D eigenvalue weighted by atomic mass is 16.5. The number of carbonyl (C=O) groups excluding carboxylic acids is 2. The standard InChI is InChI=1S/C35H41N5O6/c1-19(2)32(35(43)36-16-15-30-38-25-9-7-8-10-26(25)39-30)40-27-14-12-22-23(18-28(27)42)24(37-20(3)41)13-11-21-17-29(44-4)33(45-5)34(46-6)31(21)22/h7-10,12,14,17-19,24,32H,11,13,15-16H2,1-6H3,(H,36,43)(H,37,41)(H,38,39)(H,40,42). The number of aromatic nitrogens is 2. The summed E-state index contributed by atoms with van der Waals surface area (Å²) < 4.78 is 17.1. The van der Waals surface area contributed by atoms with Crippen molar-refractivity contribution in [2.75, 3.05) is 33.2 Å². The third-order valence-corrected chi connectivity index (χ3v) is 8.28. The largest absolute Gasteiger partial charge is 0.493 e. The molecule has 0 saturated heterocycles. The van der Waals surface area contributed by atoms with Gasteiger partial charge in [0.05, 0.1) is 44.1 Å². The van der Waals surface area contributed by atoms with Gasteiger partial charge in [0.25, 0.3) is 0 Å². The average Bonchev–Trinajstić information content (AvgIpc) is 3.31. The van der Waals surface area contributed by atoms with E-state index in [0.717, 1.165) is 28.0 Å². The average molecular weight is 628 g/mol. The van der Waals surface area contributed by atoms with Gasteiger partial charge in [-0.3, -0.25) is 14.4 Å². The molecule has 0 aliphatic heterocycles. The maximum absolute atomic E-state index is 13.8. The van der Waals surface area contributed by atoms with Crippen molar-refractivity contribution in [1.82, 2.24) is 20.6 Å². The van der Waals surface area contributed by atoms with Crippen LogP contribution in [0.2, 0.25) is 0 Å². The Morgan fingerprint density at radius 3 is 2.46 bits per heavy atom. The number of para-hydroxylation sites is 2. The summed E-state index contributed by atoms with van der Waals surface area (Å²) in [5, 5.41) is 9.22.